The Morgan fingerprint density at radius 3 is 2.62 bits per heavy atom. The van der Waals surface area contributed by atoms with Crippen LogP contribution in [-0.2, 0) is 17.9 Å². The number of aromatic hydroxyl groups is 1. The predicted octanol–water partition coefficient (Wildman–Crippen LogP) is 3.44. The van der Waals surface area contributed by atoms with E-state index in [4.69, 9.17) is 4.74 Å². The lowest BCUT2D eigenvalue weighted by Gasteiger charge is -2.11. The molecule has 0 bridgehead atoms. The fourth-order valence-corrected chi connectivity index (χ4v) is 2.12. The molecule has 0 spiro atoms. The molecular formula is C17H19NO3. The summed E-state index contributed by atoms with van der Waals surface area (Å²) in [6.45, 7) is 4.25. The quantitative estimate of drug-likeness (QED) is 0.904. The molecule has 1 amide bonds. The summed E-state index contributed by atoms with van der Waals surface area (Å²) < 4.78 is 5.12. The summed E-state index contributed by atoms with van der Waals surface area (Å²) in [6.07, 6.45) is -0.502. The Balaban J connectivity index is 1.87. The Morgan fingerprint density at radius 1 is 1.19 bits per heavy atom. The second-order valence-corrected chi connectivity index (χ2v) is 5.00. The highest BCUT2D eigenvalue weighted by Gasteiger charge is 2.08. The summed E-state index contributed by atoms with van der Waals surface area (Å²) in [6, 6.07) is 13.2. The lowest BCUT2D eigenvalue weighted by atomic mass is 10.1. The Morgan fingerprint density at radius 2 is 1.90 bits per heavy atom. The number of alkyl carbamates (subject to hydrolysis) is 1. The van der Waals surface area contributed by atoms with Crippen LogP contribution in [-0.4, -0.2) is 11.2 Å². The molecule has 2 aromatic rings. The number of phenolic OH excluding ortho intramolecular Hbond substituents is 1. The van der Waals surface area contributed by atoms with E-state index in [-0.39, 0.29) is 18.9 Å². The summed E-state index contributed by atoms with van der Waals surface area (Å²) in [7, 11) is 0. The highest BCUT2D eigenvalue weighted by molar-refractivity contribution is 5.67. The number of nitrogens with one attached hydrogen (secondary N) is 1. The first-order valence-corrected chi connectivity index (χ1v) is 6.80. The van der Waals surface area contributed by atoms with Crippen LogP contribution in [0.2, 0.25) is 0 Å². The molecule has 0 aliphatic carbocycles. The van der Waals surface area contributed by atoms with Gasteiger partial charge in [0.1, 0.15) is 12.4 Å². The van der Waals surface area contributed by atoms with E-state index in [0.29, 0.717) is 5.56 Å². The minimum atomic E-state index is -0.502. The molecule has 0 heterocycles. The molecule has 4 nitrogen and oxygen atoms in total. The van der Waals surface area contributed by atoms with E-state index in [9.17, 15) is 9.90 Å². The van der Waals surface area contributed by atoms with E-state index < -0.39 is 6.09 Å². The number of benzene rings is 2. The molecule has 0 fully saturated rings. The Bertz CT molecular complexity index is 623. The molecule has 0 radical (unpaired) electrons. The van der Waals surface area contributed by atoms with Gasteiger partial charge in [0.05, 0.1) is 0 Å². The van der Waals surface area contributed by atoms with Gasteiger partial charge in [-0.3, -0.25) is 0 Å². The van der Waals surface area contributed by atoms with Crippen molar-refractivity contribution < 1.29 is 14.6 Å². The molecule has 0 saturated heterocycles. The average Bonchev–Trinajstić information content (AvgIpc) is 2.48. The number of hydrogen-bond acceptors (Lipinski definition) is 3. The first kappa shape index (κ1) is 14.9. The van der Waals surface area contributed by atoms with Crippen LogP contribution >= 0.6 is 0 Å². The van der Waals surface area contributed by atoms with Crippen LogP contribution in [0, 0.1) is 13.8 Å². The minimum Gasteiger partial charge on any atom is -0.507 e. The highest BCUT2D eigenvalue weighted by Crippen LogP contribution is 2.23. The van der Waals surface area contributed by atoms with Gasteiger partial charge in [-0.1, -0.05) is 48.0 Å². The third-order valence-corrected chi connectivity index (χ3v) is 3.16. The fourth-order valence-electron chi connectivity index (χ4n) is 2.12. The molecule has 0 saturated carbocycles. The SMILES string of the molecule is Cc1cc(C)c(O)c(CNC(=O)OCc2ccccc2)c1. The number of aryl methyl sites for hydroxylation is 2. The molecule has 4 heteroatoms. The molecule has 2 rings (SSSR count). The van der Waals surface area contributed by atoms with Crippen molar-refractivity contribution in [2.45, 2.75) is 27.0 Å². The van der Waals surface area contributed by atoms with E-state index >= 15 is 0 Å². The molecule has 0 aromatic heterocycles. The fraction of sp³-hybridized carbons (Fsp3) is 0.235. The van der Waals surface area contributed by atoms with Crippen LogP contribution in [0.1, 0.15) is 22.3 Å². The Hall–Kier alpha value is -2.49. The van der Waals surface area contributed by atoms with E-state index in [1.54, 1.807) is 0 Å². The topological polar surface area (TPSA) is 58.6 Å². The van der Waals surface area contributed by atoms with Gasteiger partial charge >= 0.3 is 6.09 Å². The van der Waals surface area contributed by atoms with E-state index in [0.717, 1.165) is 16.7 Å². The van der Waals surface area contributed by atoms with Crippen molar-refractivity contribution in [1.29, 1.82) is 0 Å². The van der Waals surface area contributed by atoms with Crippen LogP contribution in [0.3, 0.4) is 0 Å². The first-order chi connectivity index (χ1) is 10.1. The maximum atomic E-state index is 11.7. The van der Waals surface area contributed by atoms with Crippen molar-refractivity contribution in [2.75, 3.05) is 0 Å². The zero-order chi connectivity index (χ0) is 15.2. The van der Waals surface area contributed by atoms with Crippen molar-refractivity contribution >= 4 is 6.09 Å². The number of carbonyl (C=O) groups is 1. The summed E-state index contributed by atoms with van der Waals surface area (Å²) in [4.78, 5) is 11.7. The molecule has 0 aliphatic heterocycles. The van der Waals surface area contributed by atoms with Crippen molar-refractivity contribution in [3.8, 4) is 5.75 Å². The lowest BCUT2D eigenvalue weighted by molar-refractivity contribution is 0.139. The van der Waals surface area contributed by atoms with Gasteiger partial charge in [-0.25, -0.2) is 4.79 Å². The predicted molar refractivity (Wildman–Crippen MR) is 81.0 cm³/mol. The van der Waals surface area contributed by atoms with Crippen molar-refractivity contribution in [3.05, 3.63) is 64.7 Å². The number of phenols is 1. The first-order valence-electron chi connectivity index (χ1n) is 6.80. The monoisotopic (exact) mass is 285 g/mol. The number of amides is 1. The van der Waals surface area contributed by atoms with Gasteiger partial charge in [0.25, 0.3) is 0 Å². The summed E-state index contributed by atoms with van der Waals surface area (Å²) in [5, 5.41) is 12.6. The van der Waals surface area contributed by atoms with Crippen LogP contribution < -0.4 is 5.32 Å². The molecule has 21 heavy (non-hydrogen) atoms. The third kappa shape index (κ3) is 4.24. The molecule has 110 valence electrons. The van der Waals surface area contributed by atoms with E-state index in [1.165, 1.54) is 0 Å². The summed E-state index contributed by atoms with van der Waals surface area (Å²) >= 11 is 0. The van der Waals surface area contributed by atoms with Gasteiger partial charge in [0, 0.05) is 12.1 Å². The van der Waals surface area contributed by atoms with Crippen molar-refractivity contribution in [3.63, 3.8) is 0 Å². The molecular weight excluding hydrogens is 266 g/mol. The summed E-state index contributed by atoms with van der Waals surface area (Å²) in [5.41, 5.74) is 3.45. The summed E-state index contributed by atoms with van der Waals surface area (Å²) in [5.74, 6) is 0.212. The second-order valence-electron chi connectivity index (χ2n) is 5.00. The minimum absolute atomic E-state index is 0.212. The maximum Gasteiger partial charge on any atom is 0.407 e. The zero-order valence-electron chi connectivity index (χ0n) is 12.2. The Kier molecular flexibility index (Phi) is 4.82. The van der Waals surface area contributed by atoms with Crippen LogP contribution in [0.4, 0.5) is 4.79 Å². The lowest BCUT2D eigenvalue weighted by Crippen LogP contribution is -2.23. The van der Waals surface area contributed by atoms with Crippen molar-refractivity contribution in [2.24, 2.45) is 0 Å². The van der Waals surface area contributed by atoms with Gasteiger partial charge in [0.2, 0.25) is 0 Å². The molecule has 0 aliphatic rings. The largest absolute Gasteiger partial charge is 0.507 e. The molecule has 0 atom stereocenters. The van der Waals surface area contributed by atoms with Crippen LogP contribution in [0.25, 0.3) is 0 Å². The highest BCUT2D eigenvalue weighted by atomic mass is 16.5. The molecule has 0 unspecified atom stereocenters. The average molecular weight is 285 g/mol. The number of rotatable bonds is 4. The van der Waals surface area contributed by atoms with E-state index in [1.807, 2.05) is 56.3 Å². The van der Waals surface area contributed by atoms with Gasteiger partial charge in [0.15, 0.2) is 0 Å². The van der Waals surface area contributed by atoms with Gasteiger partial charge in [-0.15, -0.1) is 0 Å². The smallest absolute Gasteiger partial charge is 0.407 e. The Labute approximate surface area is 124 Å². The standard InChI is InChI=1S/C17H19NO3/c1-12-8-13(2)16(19)15(9-12)10-18-17(20)21-11-14-6-4-3-5-7-14/h3-9,19H,10-11H2,1-2H3,(H,18,20). The van der Waals surface area contributed by atoms with Crippen LogP contribution in [0.15, 0.2) is 42.5 Å². The molecule has 2 aromatic carbocycles. The zero-order valence-corrected chi connectivity index (χ0v) is 12.2. The third-order valence-electron chi connectivity index (χ3n) is 3.16. The van der Waals surface area contributed by atoms with E-state index in [2.05, 4.69) is 5.32 Å². The van der Waals surface area contributed by atoms with Crippen molar-refractivity contribution in [1.82, 2.24) is 5.32 Å². The number of carbonyl (C=O) groups excluding carboxylic acids is 1. The van der Waals surface area contributed by atoms with Gasteiger partial charge in [-0.05, 0) is 25.0 Å². The van der Waals surface area contributed by atoms with Gasteiger partial charge < -0.3 is 15.2 Å². The van der Waals surface area contributed by atoms with Gasteiger partial charge in [-0.2, -0.15) is 0 Å². The number of ether oxygens (including phenoxy) is 1. The molecule has 2 N–H and O–H groups in total. The second kappa shape index (κ2) is 6.79. The normalized spacial score (nSPS) is 10.2. The maximum absolute atomic E-state index is 11.7. The van der Waals surface area contributed by atoms with Crippen LogP contribution in [0.5, 0.6) is 5.75 Å². The number of hydrogen-bond donors (Lipinski definition) is 2.